The summed E-state index contributed by atoms with van der Waals surface area (Å²) in [6.45, 7) is 2.04. The standard InChI is InChI=1S/C12H14O/c1-11(9-10-13)7-8-12-5-3-2-4-6-12/h2-8,10-11H,9H2,1H3/b8-7+. The summed E-state index contributed by atoms with van der Waals surface area (Å²) < 4.78 is 0. The molecule has 1 atom stereocenters. The van der Waals surface area contributed by atoms with Gasteiger partial charge in [0.15, 0.2) is 0 Å². The van der Waals surface area contributed by atoms with E-state index >= 15 is 0 Å². The highest BCUT2D eigenvalue weighted by atomic mass is 16.1. The molecule has 0 bridgehead atoms. The molecule has 1 aromatic carbocycles. The molecule has 0 aliphatic heterocycles. The highest BCUT2D eigenvalue weighted by Gasteiger charge is 1.93. The van der Waals surface area contributed by atoms with Crippen molar-refractivity contribution >= 4 is 12.4 Å². The first-order valence-corrected chi connectivity index (χ1v) is 4.50. The van der Waals surface area contributed by atoms with Crippen molar-refractivity contribution in [2.24, 2.45) is 5.92 Å². The maximum Gasteiger partial charge on any atom is 0.120 e. The van der Waals surface area contributed by atoms with Crippen molar-refractivity contribution in [3.8, 4) is 0 Å². The minimum absolute atomic E-state index is 0.331. The first kappa shape index (κ1) is 9.72. The Kier molecular flexibility index (Phi) is 3.97. The Labute approximate surface area is 79.1 Å². The van der Waals surface area contributed by atoms with Gasteiger partial charge in [-0.25, -0.2) is 0 Å². The predicted octanol–water partition coefficient (Wildman–Crippen LogP) is 2.92. The average molecular weight is 174 g/mol. The fraction of sp³-hybridized carbons (Fsp3) is 0.250. The lowest BCUT2D eigenvalue weighted by atomic mass is 10.1. The van der Waals surface area contributed by atoms with E-state index in [1.165, 1.54) is 5.56 Å². The molecule has 0 amide bonds. The van der Waals surface area contributed by atoms with E-state index in [1.807, 2.05) is 43.3 Å². The summed E-state index contributed by atoms with van der Waals surface area (Å²) in [5, 5.41) is 0. The van der Waals surface area contributed by atoms with Gasteiger partial charge in [0.2, 0.25) is 0 Å². The second-order valence-electron chi connectivity index (χ2n) is 3.15. The zero-order valence-corrected chi connectivity index (χ0v) is 7.81. The summed E-state index contributed by atoms with van der Waals surface area (Å²) >= 11 is 0. The molecule has 1 aromatic rings. The quantitative estimate of drug-likeness (QED) is 0.641. The molecular formula is C12H14O. The number of rotatable bonds is 4. The third-order valence-corrected chi connectivity index (χ3v) is 1.88. The second-order valence-corrected chi connectivity index (χ2v) is 3.15. The van der Waals surface area contributed by atoms with Crippen LogP contribution in [0.4, 0.5) is 0 Å². The van der Waals surface area contributed by atoms with Crippen molar-refractivity contribution in [3.63, 3.8) is 0 Å². The van der Waals surface area contributed by atoms with Gasteiger partial charge >= 0.3 is 0 Å². The number of carbonyl (C=O) groups is 1. The van der Waals surface area contributed by atoms with E-state index < -0.39 is 0 Å². The van der Waals surface area contributed by atoms with Crippen molar-refractivity contribution in [2.75, 3.05) is 0 Å². The van der Waals surface area contributed by atoms with Gasteiger partial charge in [0.25, 0.3) is 0 Å². The van der Waals surface area contributed by atoms with Crippen molar-refractivity contribution in [1.82, 2.24) is 0 Å². The highest BCUT2D eigenvalue weighted by Crippen LogP contribution is 2.06. The largest absolute Gasteiger partial charge is 0.303 e. The predicted molar refractivity (Wildman–Crippen MR) is 55.3 cm³/mol. The number of carbonyl (C=O) groups excluding carboxylic acids is 1. The van der Waals surface area contributed by atoms with Crippen LogP contribution in [0.15, 0.2) is 36.4 Å². The minimum Gasteiger partial charge on any atom is -0.303 e. The topological polar surface area (TPSA) is 17.1 Å². The van der Waals surface area contributed by atoms with Crippen molar-refractivity contribution in [1.29, 1.82) is 0 Å². The molecule has 0 heterocycles. The van der Waals surface area contributed by atoms with Crippen LogP contribution in [0.1, 0.15) is 18.9 Å². The maximum atomic E-state index is 10.2. The Balaban J connectivity index is 2.53. The van der Waals surface area contributed by atoms with Crippen LogP contribution in [0.5, 0.6) is 0 Å². The van der Waals surface area contributed by atoms with Crippen molar-refractivity contribution in [3.05, 3.63) is 42.0 Å². The van der Waals surface area contributed by atoms with E-state index in [0.29, 0.717) is 12.3 Å². The Morgan fingerprint density at radius 2 is 2.00 bits per heavy atom. The van der Waals surface area contributed by atoms with Crippen LogP contribution in [0.3, 0.4) is 0 Å². The van der Waals surface area contributed by atoms with Gasteiger partial charge in [0, 0.05) is 6.42 Å². The van der Waals surface area contributed by atoms with E-state index in [9.17, 15) is 4.79 Å². The lowest BCUT2D eigenvalue weighted by Crippen LogP contribution is -1.88. The summed E-state index contributed by atoms with van der Waals surface area (Å²) in [4.78, 5) is 10.2. The monoisotopic (exact) mass is 174 g/mol. The van der Waals surface area contributed by atoms with Gasteiger partial charge in [-0.1, -0.05) is 49.4 Å². The number of allylic oxidation sites excluding steroid dienone is 1. The molecule has 1 nitrogen and oxygen atoms in total. The minimum atomic E-state index is 0.331. The fourth-order valence-electron chi connectivity index (χ4n) is 1.07. The SMILES string of the molecule is CC(/C=C/c1ccccc1)CC=O. The molecule has 0 saturated carbocycles. The van der Waals surface area contributed by atoms with E-state index in [-0.39, 0.29) is 0 Å². The van der Waals surface area contributed by atoms with E-state index in [0.717, 1.165) is 6.29 Å². The van der Waals surface area contributed by atoms with Crippen LogP contribution in [0.25, 0.3) is 6.08 Å². The summed E-state index contributed by atoms with van der Waals surface area (Å²) in [6.07, 6.45) is 5.67. The van der Waals surface area contributed by atoms with Gasteiger partial charge in [-0.3, -0.25) is 0 Å². The molecule has 0 spiro atoms. The Morgan fingerprint density at radius 1 is 1.31 bits per heavy atom. The first-order chi connectivity index (χ1) is 6.33. The molecular weight excluding hydrogens is 160 g/mol. The van der Waals surface area contributed by atoms with Gasteiger partial charge in [-0.2, -0.15) is 0 Å². The zero-order valence-electron chi connectivity index (χ0n) is 7.81. The third kappa shape index (κ3) is 3.70. The number of aldehydes is 1. The number of hydrogen-bond acceptors (Lipinski definition) is 1. The highest BCUT2D eigenvalue weighted by molar-refractivity contribution is 5.53. The van der Waals surface area contributed by atoms with E-state index in [2.05, 4.69) is 6.08 Å². The van der Waals surface area contributed by atoms with Gasteiger partial charge in [-0.05, 0) is 11.5 Å². The summed E-state index contributed by atoms with van der Waals surface area (Å²) in [5.41, 5.74) is 1.18. The van der Waals surface area contributed by atoms with Crippen LogP contribution >= 0.6 is 0 Å². The van der Waals surface area contributed by atoms with Gasteiger partial charge in [-0.15, -0.1) is 0 Å². The Bertz CT molecular complexity index is 274. The molecule has 0 radical (unpaired) electrons. The second kappa shape index (κ2) is 5.31. The molecule has 0 fully saturated rings. The average Bonchev–Trinajstić information content (AvgIpc) is 2.17. The van der Waals surface area contributed by atoms with E-state index in [1.54, 1.807) is 0 Å². The summed E-state index contributed by atoms with van der Waals surface area (Å²) in [5.74, 6) is 0.331. The van der Waals surface area contributed by atoms with Crippen LogP contribution in [-0.4, -0.2) is 6.29 Å². The van der Waals surface area contributed by atoms with Crippen LogP contribution < -0.4 is 0 Å². The Hall–Kier alpha value is -1.37. The summed E-state index contributed by atoms with van der Waals surface area (Å²) in [7, 11) is 0. The van der Waals surface area contributed by atoms with Gasteiger partial charge in [0.05, 0.1) is 0 Å². The molecule has 0 N–H and O–H groups in total. The molecule has 1 rings (SSSR count). The Morgan fingerprint density at radius 3 is 2.62 bits per heavy atom. The maximum absolute atomic E-state index is 10.2. The lowest BCUT2D eigenvalue weighted by molar-refractivity contribution is -0.108. The molecule has 13 heavy (non-hydrogen) atoms. The molecule has 0 saturated heterocycles. The van der Waals surface area contributed by atoms with Crippen LogP contribution in [0, 0.1) is 5.92 Å². The molecule has 1 heteroatoms. The normalized spacial score (nSPS) is 13.0. The number of benzene rings is 1. The molecule has 0 aliphatic rings. The zero-order chi connectivity index (χ0) is 9.52. The van der Waals surface area contributed by atoms with Crippen molar-refractivity contribution < 1.29 is 4.79 Å². The third-order valence-electron chi connectivity index (χ3n) is 1.88. The molecule has 1 unspecified atom stereocenters. The van der Waals surface area contributed by atoms with Crippen LogP contribution in [-0.2, 0) is 4.79 Å². The van der Waals surface area contributed by atoms with Crippen LogP contribution in [0.2, 0.25) is 0 Å². The smallest absolute Gasteiger partial charge is 0.120 e. The first-order valence-electron chi connectivity index (χ1n) is 4.50. The fourth-order valence-corrected chi connectivity index (χ4v) is 1.07. The van der Waals surface area contributed by atoms with Crippen molar-refractivity contribution in [2.45, 2.75) is 13.3 Å². The van der Waals surface area contributed by atoms with E-state index in [4.69, 9.17) is 0 Å². The molecule has 0 aromatic heterocycles. The van der Waals surface area contributed by atoms with Gasteiger partial charge < -0.3 is 4.79 Å². The summed E-state index contributed by atoms with van der Waals surface area (Å²) in [6, 6.07) is 10.1. The molecule has 0 aliphatic carbocycles. The molecule has 68 valence electrons. The number of hydrogen-bond donors (Lipinski definition) is 0. The lowest BCUT2D eigenvalue weighted by Gasteiger charge is -1.98. The van der Waals surface area contributed by atoms with Gasteiger partial charge in [0.1, 0.15) is 6.29 Å².